The second-order valence-electron chi connectivity index (χ2n) is 4.57. The molecule has 0 aromatic heterocycles. The van der Waals surface area contributed by atoms with Crippen LogP contribution in [0.15, 0.2) is 18.2 Å². The van der Waals surface area contributed by atoms with Crippen molar-refractivity contribution in [2.45, 2.75) is 37.5 Å². The van der Waals surface area contributed by atoms with Crippen molar-refractivity contribution in [2.75, 3.05) is 0 Å². The van der Waals surface area contributed by atoms with Gasteiger partial charge < -0.3 is 5.11 Å². The third kappa shape index (κ3) is 1.46. The van der Waals surface area contributed by atoms with Crippen LogP contribution in [-0.2, 0) is 0 Å². The third-order valence-corrected chi connectivity index (χ3v) is 3.32. The summed E-state index contributed by atoms with van der Waals surface area (Å²) in [5.74, 6) is 1.50. The number of benzene rings is 1. The van der Waals surface area contributed by atoms with E-state index in [0.29, 0.717) is 0 Å². The molecule has 1 N–H and O–H groups in total. The highest BCUT2D eigenvalue weighted by Crippen LogP contribution is 2.45. The van der Waals surface area contributed by atoms with Crippen molar-refractivity contribution < 1.29 is 5.11 Å². The Kier molecular flexibility index (Phi) is 1.88. The molecule has 0 spiro atoms. The number of hydrogen-bond donors (Lipinski definition) is 1. The fourth-order valence-corrected chi connectivity index (χ4v) is 2.14. The van der Waals surface area contributed by atoms with Gasteiger partial charge in [-0.15, -0.1) is 0 Å². The van der Waals surface area contributed by atoms with Crippen LogP contribution in [0.2, 0.25) is 0 Å². The van der Waals surface area contributed by atoms with Gasteiger partial charge in [0.15, 0.2) is 0 Å². The lowest BCUT2D eigenvalue weighted by atomic mass is 9.99. The first-order valence-corrected chi connectivity index (χ1v) is 5.50. The molecule has 14 heavy (non-hydrogen) atoms. The van der Waals surface area contributed by atoms with Crippen LogP contribution in [0, 0.1) is 6.61 Å². The average Bonchev–Trinajstić information content (AvgIpc) is 3.04. The molecule has 1 aromatic rings. The maximum Gasteiger partial charge on any atom is 0.109 e. The minimum atomic E-state index is 0.724. The predicted molar refractivity (Wildman–Crippen MR) is 55.7 cm³/mol. The maximum absolute atomic E-state index is 9.20. The summed E-state index contributed by atoms with van der Waals surface area (Å²) in [5, 5.41) is 9.20. The summed E-state index contributed by atoms with van der Waals surface area (Å²) in [6, 6.07) is 6.64. The van der Waals surface area contributed by atoms with Crippen LogP contribution in [0.25, 0.3) is 0 Å². The monoisotopic (exact) mass is 187 g/mol. The molecule has 0 atom stereocenters. The molecule has 2 aliphatic carbocycles. The summed E-state index contributed by atoms with van der Waals surface area (Å²) >= 11 is 0. The molecular weight excluding hydrogens is 172 g/mol. The van der Waals surface area contributed by atoms with Crippen molar-refractivity contribution in [1.29, 1.82) is 0 Å². The largest absolute Gasteiger partial charge is 0.385 e. The lowest BCUT2D eigenvalue weighted by Crippen LogP contribution is -1.92. The zero-order chi connectivity index (χ0) is 9.54. The molecular formula is C13H15O. The van der Waals surface area contributed by atoms with Crippen LogP contribution in [-0.4, -0.2) is 5.11 Å². The van der Waals surface area contributed by atoms with E-state index in [1.54, 1.807) is 0 Å². The zero-order valence-corrected chi connectivity index (χ0v) is 8.24. The summed E-state index contributed by atoms with van der Waals surface area (Å²) in [5.41, 5.74) is 3.81. The Hall–Kier alpha value is -0.820. The Morgan fingerprint density at radius 1 is 1.07 bits per heavy atom. The normalized spacial score (nSPS) is 21.2. The van der Waals surface area contributed by atoms with Gasteiger partial charge in [-0.05, 0) is 54.2 Å². The molecule has 2 aliphatic rings. The van der Waals surface area contributed by atoms with Crippen molar-refractivity contribution >= 4 is 0 Å². The van der Waals surface area contributed by atoms with E-state index in [1.807, 2.05) is 0 Å². The third-order valence-electron chi connectivity index (χ3n) is 3.32. The molecule has 1 radical (unpaired) electrons. The van der Waals surface area contributed by atoms with Crippen LogP contribution < -0.4 is 0 Å². The first-order valence-electron chi connectivity index (χ1n) is 5.50. The SMILES string of the molecule is O[CH]c1cc(C2CC2)ccc1C1CC1. The quantitative estimate of drug-likeness (QED) is 0.769. The molecule has 1 aromatic carbocycles. The molecule has 0 aliphatic heterocycles. The van der Waals surface area contributed by atoms with E-state index in [9.17, 15) is 5.11 Å². The van der Waals surface area contributed by atoms with Gasteiger partial charge in [0, 0.05) is 0 Å². The first kappa shape index (κ1) is 8.49. The van der Waals surface area contributed by atoms with Gasteiger partial charge in [-0.2, -0.15) is 0 Å². The van der Waals surface area contributed by atoms with E-state index < -0.39 is 0 Å². The van der Waals surface area contributed by atoms with E-state index in [4.69, 9.17) is 0 Å². The minimum Gasteiger partial charge on any atom is -0.385 e. The van der Waals surface area contributed by atoms with Crippen molar-refractivity contribution in [2.24, 2.45) is 0 Å². The van der Waals surface area contributed by atoms with Crippen LogP contribution in [0.5, 0.6) is 0 Å². The van der Waals surface area contributed by atoms with Gasteiger partial charge >= 0.3 is 0 Å². The molecule has 1 nitrogen and oxygen atoms in total. The van der Waals surface area contributed by atoms with Gasteiger partial charge in [0.1, 0.15) is 6.61 Å². The lowest BCUT2D eigenvalue weighted by Gasteiger charge is -2.08. The molecule has 0 unspecified atom stereocenters. The summed E-state index contributed by atoms with van der Waals surface area (Å²) in [6.45, 7) is 1.28. The van der Waals surface area contributed by atoms with Gasteiger partial charge in [0.25, 0.3) is 0 Å². The number of rotatable bonds is 3. The maximum atomic E-state index is 9.20. The van der Waals surface area contributed by atoms with Crippen LogP contribution in [0.4, 0.5) is 0 Å². The molecule has 0 saturated heterocycles. The fourth-order valence-electron chi connectivity index (χ4n) is 2.14. The summed E-state index contributed by atoms with van der Waals surface area (Å²) in [6.07, 6.45) is 5.24. The number of aliphatic hydroxyl groups excluding tert-OH is 1. The Labute approximate surface area is 84.8 Å². The van der Waals surface area contributed by atoms with Gasteiger partial charge in [-0.1, -0.05) is 18.2 Å². The molecule has 3 rings (SSSR count). The molecule has 2 saturated carbocycles. The summed E-state index contributed by atoms with van der Waals surface area (Å²) in [4.78, 5) is 0. The van der Waals surface area contributed by atoms with Gasteiger partial charge in [-0.25, -0.2) is 0 Å². The van der Waals surface area contributed by atoms with E-state index in [1.165, 1.54) is 43.4 Å². The summed E-state index contributed by atoms with van der Waals surface area (Å²) in [7, 11) is 0. The Bertz CT molecular complexity index is 348. The Morgan fingerprint density at radius 2 is 1.79 bits per heavy atom. The molecule has 0 heterocycles. The second-order valence-corrected chi connectivity index (χ2v) is 4.57. The molecule has 0 amide bonds. The molecule has 1 heteroatoms. The lowest BCUT2D eigenvalue weighted by molar-refractivity contribution is 0.413. The van der Waals surface area contributed by atoms with Crippen LogP contribution in [0.3, 0.4) is 0 Å². The highest BCUT2D eigenvalue weighted by atomic mass is 16.3. The van der Waals surface area contributed by atoms with Gasteiger partial charge in [0.05, 0.1) is 0 Å². The standard InChI is InChI=1S/C13H15O/c14-8-12-7-11(9-1-2-9)5-6-13(12)10-3-4-10/h5-10,14H,1-4H2. The number of aliphatic hydroxyl groups is 1. The molecule has 2 fully saturated rings. The van der Waals surface area contributed by atoms with Gasteiger partial charge in [-0.3, -0.25) is 0 Å². The Balaban J connectivity index is 1.96. The predicted octanol–water partition coefficient (Wildman–Crippen LogP) is 3.32. The summed E-state index contributed by atoms with van der Waals surface area (Å²) < 4.78 is 0. The van der Waals surface area contributed by atoms with Crippen molar-refractivity contribution in [3.05, 3.63) is 41.5 Å². The van der Waals surface area contributed by atoms with E-state index in [-0.39, 0.29) is 0 Å². The van der Waals surface area contributed by atoms with Crippen LogP contribution in [0.1, 0.15) is 54.2 Å². The van der Waals surface area contributed by atoms with Crippen molar-refractivity contribution in [3.8, 4) is 0 Å². The Morgan fingerprint density at radius 3 is 2.36 bits per heavy atom. The number of hydrogen-bond acceptors (Lipinski definition) is 1. The van der Waals surface area contributed by atoms with Crippen LogP contribution >= 0.6 is 0 Å². The van der Waals surface area contributed by atoms with Gasteiger partial charge in [0.2, 0.25) is 0 Å². The van der Waals surface area contributed by atoms with Crippen molar-refractivity contribution in [3.63, 3.8) is 0 Å². The van der Waals surface area contributed by atoms with E-state index in [2.05, 4.69) is 18.2 Å². The highest BCUT2D eigenvalue weighted by molar-refractivity contribution is 5.41. The fraction of sp³-hybridized carbons (Fsp3) is 0.462. The zero-order valence-electron chi connectivity index (χ0n) is 8.24. The molecule has 73 valence electrons. The average molecular weight is 187 g/mol. The smallest absolute Gasteiger partial charge is 0.109 e. The highest BCUT2D eigenvalue weighted by Gasteiger charge is 2.28. The topological polar surface area (TPSA) is 20.2 Å². The second kappa shape index (κ2) is 3.09. The van der Waals surface area contributed by atoms with E-state index in [0.717, 1.165) is 17.4 Å². The first-order chi connectivity index (χ1) is 6.88. The van der Waals surface area contributed by atoms with Crippen molar-refractivity contribution in [1.82, 2.24) is 0 Å². The molecule has 0 bridgehead atoms. The minimum absolute atomic E-state index is 0.724. The van der Waals surface area contributed by atoms with E-state index >= 15 is 0 Å².